The molecule has 0 aliphatic carbocycles. The molecule has 7 N–H and O–H groups in total. The van der Waals surface area contributed by atoms with Gasteiger partial charge in [0.1, 0.15) is 4.88 Å². The van der Waals surface area contributed by atoms with Gasteiger partial charge in [0, 0.05) is 18.3 Å². The minimum atomic E-state index is -5.08. The van der Waals surface area contributed by atoms with Crippen LogP contribution in [0.25, 0.3) is 0 Å². The Labute approximate surface area is 190 Å². The van der Waals surface area contributed by atoms with Crippen molar-refractivity contribution in [1.29, 1.82) is 0 Å². The Kier molecular flexibility index (Phi) is 8.83. The van der Waals surface area contributed by atoms with E-state index in [9.17, 15) is 22.8 Å². The molecule has 3 heterocycles. The highest BCUT2D eigenvalue weighted by Gasteiger charge is 2.38. The number of alkyl halides is 3. The third-order valence-corrected chi connectivity index (χ3v) is 5.27. The molecule has 0 aromatic carbocycles. The second-order valence-electron chi connectivity index (χ2n) is 6.82. The molecule has 1 fully saturated rings. The van der Waals surface area contributed by atoms with Crippen LogP contribution in [0.5, 0.6) is 0 Å². The van der Waals surface area contributed by atoms with E-state index in [2.05, 4.69) is 38.0 Å². The molecule has 1 aliphatic rings. The molecule has 10 nitrogen and oxygen atoms in total. The van der Waals surface area contributed by atoms with Crippen molar-refractivity contribution in [2.75, 3.05) is 18.4 Å². The van der Waals surface area contributed by atoms with Crippen molar-refractivity contribution in [3.63, 3.8) is 0 Å². The fourth-order valence-electron chi connectivity index (χ4n) is 2.68. The molecule has 3 amide bonds. The number of thiophene rings is 1. The van der Waals surface area contributed by atoms with Gasteiger partial charge in [0.15, 0.2) is 0 Å². The van der Waals surface area contributed by atoms with Crippen molar-refractivity contribution >= 4 is 34.9 Å². The van der Waals surface area contributed by atoms with Gasteiger partial charge in [0.05, 0.1) is 22.3 Å². The molecule has 33 heavy (non-hydrogen) atoms. The van der Waals surface area contributed by atoms with Gasteiger partial charge in [0.25, 0.3) is 5.91 Å². The number of carbonyl (C=O) groups is 3. The molecular weight excluding hydrogens is 465 g/mol. The summed E-state index contributed by atoms with van der Waals surface area (Å²) in [6.45, 7) is 3.58. The average molecular weight is 486 g/mol. The maximum absolute atomic E-state index is 12.6. The van der Waals surface area contributed by atoms with E-state index in [0.717, 1.165) is 37.2 Å². The molecule has 2 aromatic heterocycles. The second kappa shape index (κ2) is 11.3. The summed E-state index contributed by atoms with van der Waals surface area (Å²) in [6.07, 6.45) is -1.50. The van der Waals surface area contributed by atoms with E-state index in [1.165, 1.54) is 11.3 Å². The number of nitrogens with one attached hydrogen (secondary N) is 4. The number of aromatic nitrogens is 2. The van der Waals surface area contributed by atoms with Gasteiger partial charge in [-0.2, -0.15) is 18.3 Å². The van der Waals surface area contributed by atoms with E-state index in [1.807, 2.05) is 6.92 Å². The number of aryl methyl sites for hydroxylation is 1. The van der Waals surface area contributed by atoms with Crippen molar-refractivity contribution < 1.29 is 32.7 Å². The van der Waals surface area contributed by atoms with Crippen LogP contribution in [0.4, 0.5) is 23.7 Å². The minimum absolute atomic E-state index is 0.0721. The van der Waals surface area contributed by atoms with Gasteiger partial charge >= 0.3 is 18.2 Å². The number of amides is 3. The van der Waals surface area contributed by atoms with Gasteiger partial charge in [-0.05, 0) is 32.4 Å². The third-order valence-electron chi connectivity index (χ3n) is 4.22. The number of nitrogens with two attached hydrogens (primary N) is 1. The molecule has 3 rings (SSSR count). The molecule has 1 saturated heterocycles. The van der Waals surface area contributed by atoms with Gasteiger partial charge < -0.3 is 26.8 Å². The van der Waals surface area contributed by atoms with Crippen molar-refractivity contribution in [3.8, 4) is 11.8 Å². The number of H-pyrrole nitrogens is 1. The van der Waals surface area contributed by atoms with Crippen LogP contribution in [0.2, 0.25) is 0 Å². The summed E-state index contributed by atoms with van der Waals surface area (Å²) >= 11 is 1.22. The number of anilines is 1. The van der Waals surface area contributed by atoms with E-state index in [4.69, 9.17) is 15.6 Å². The molecule has 2 aromatic rings. The Morgan fingerprint density at radius 2 is 2.03 bits per heavy atom. The summed E-state index contributed by atoms with van der Waals surface area (Å²) in [4.78, 5) is 33.8. The molecule has 0 radical (unpaired) electrons. The van der Waals surface area contributed by atoms with Gasteiger partial charge in [-0.25, -0.2) is 9.59 Å². The highest BCUT2D eigenvalue weighted by atomic mass is 32.1. The zero-order chi connectivity index (χ0) is 24.6. The molecule has 0 spiro atoms. The first-order valence-electron chi connectivity index (χ1n) is 9.51. The summed E-state index contributed by atoms with van der Waals surface area (Å²) < 4.78 is 31.7. The maximum atomic E-state index is 12.6. The fraction of sp³-hybridized carbons (Fsp3) is 0.368. The van der Waals surface area contributed by atoms with Crippen molar-refractivity contribution in [3.05, 3.63) is 33.3 Å². The summed E-state index contributed by atoms with van der Waals surface area (Å²) in [5, 5.41) is 22.6. The number of primary amides is 1. The third kappa shape index (κ3) is 8.13. The summed E-state index contributed by atoms with van der Waals surface area (Å²) in [6, 6.07) is 1.01. The molecule has 0 unspecified atom stereocenters. The number of aromatic amines is 1. The summed E-state index contributed by atoms with van der Waals surface area (Å²) in [7, 11) is 0. The van der Waals surface area contributed by atoms with E-state index in [0.29, 0.717) is 15.4 Å². The van der Waals surface area contributed by atoms with Crippen LogP contribution in [0.1, 0.15) is 38.6 Å². The number of halogens is 3. The molecule has 0 bridgehead atoms. The van der Waals surface area contributed by atoms with Crippen LogP contribution >= 0.6 is 11.3 Å². The minimum Gasteiger partial charge on any atom is -0.475 e. The molecule has 1 atom stereocenters. The van der Waals surface area contributed by atoms with Crippen LogP contribution in [-0.2, 0) is 4.79 Å². The number of hydrogen-bond donors (Lipinski definition) is 6. The number of rotatable bonds is 3. The first-order valence-corrected chi connectivity index (χ1v) is 10.3. The van der Waals surface area contributed by atoms with Crippen LogP contribution < -0.4 is 21.7 Å². The molecular formula is C19H21F3N6O4S. The lowest BCUT2D eigenvalue weighted by Crippen LogP contribution is -2.45. The molecule has 1 aliphatic heterocycles. The number of hydrogen-bond acceptors (Lipinski definition) is 6. The SMILES string of the molecule is Cc1[nH]ncc1C#Cc1cc(NC(N)=O)c(C(=O)N[C@H]2CCCNC2)s1.O=C(O)C(F)(F)F. The predicted molar refractivity (Wildman–Crippen MR) is 114 cm³/mol. The number of urea groups is 1. The predicted octanol–water partition coefficient (Wildman–Crippen LogP) is 1.79. The van der Waals surface area contributed by atoms with Crippen LogP contribution in [-0.4, -0.2) is 58.5 Å². The topological polar surface area (TPSA) is 162 Å². The van der Waals surface area contributed by atoms with Gasteiger partial charge in [-0.3, -0.25) is 9.89 Å². The first-order chi connectivity index (χ1) is 15.5. The Balaban J connectivity index is 0.000000479. The van der Waals surface area contributed by atoms with Crippen LogP contribution in [0.15, 0.2) is 12.3 Å². The van der Waals surface area contributed by atoms with Gasteiger partial charge in [-0.15, -0.1) is 11.3 Å². The Bertz CT molecular complexity index is 1060. The lowest BCUT2D eigenvalue weighted by molar-refractivity contribution is -0.192. The smallest absolute Gasteiger partial charge is 0.475 e. The molecule has 14 heteroatoms. The molecule has 178 valence electrons. The van der Waals surface area contributed by atoms with Crippen LogP contribution in [0.3, 0.4) is 0 Å². The van der Waals surface area contributed by atoms with E-state index >= 15 is 0 Å². The number of carboxylic acid groups (broad SMARTS) is 1. The average Bonchev–Trinajstić information content (AvgIpc) is 3.32. The quantitative estimate of drug-likeness (QED) is 0.362. The maximum Gasteiger partial charge on any atom is 0.490 e. The number of piperidine rings is 1. The highest BCUT2D eigenvalue weighted by Crippen LogP contribution is 2.27. The Morgan fingerprint density at radius 3 is 2.55 bits per heavy atom. The second-order valence-corrected chi connectivity index (χ2v) is 7.87. The largest absolute Gasteiger partial charge is 0.490 e. The summed E-state index contributed by atoms with van der Waals surface area (Å²) in [5.74, 6) is 3.02. The zero-order valence-corrected chi connectivity index (χ0v) is 18.1. The van der Waals surface area contributed by atoms with Crippen molar-refractivity contribution in [2.45, 2.75) is 32.0 Å². The van der Waals surface area contributed by atoms with E-state index in [-0.39, 0.29) is 11.9 Å². The normalized spacial score (nSPS) is 15.3. The number of carboxylic acids is 1. The summed E-state index contributed by atoms with van der Waals surface area (Å²) in [5.41, 5.74) is 7.24. The van der Waals surface area contributed by atoms with E-state index < -0.39 is 18.2 Å². The van der Waals surface area contributed by atoms with E-state index in [1.54, 1.807) is 12.3 Å². The van der Waals surface area contributed by atoms with Crippen molar-refractivity contribution in [2.24, 2.45) is 5.73 Å². The van der Waals surface area contributed by atoms with Gasteiger partial charge in [0.2, 0.25) is 0 Å². The number of nitrogens with zero attached hydrogens (tertiary/aromatic N) is 1. The monoisotopic (exact) mass is 486 g/mol. The zero-order valence-electron chi connectivity index (χ0n) is 17.3. The van der Waals surface area contributed by atoms with Gasteiger partial charge in [-0.1, -0.05) is 11.8 Å². The Hall–Kier alpha value is -3.57. The van der Waals surface area contributed by atoms with Crippen LogP contribution in [0, 0.1) is 18.8 Å². The number of carbonyl (C=O) groups excluding carboxylic acids is 2. The fourth-order valence-corrected chi connectivity index (χ4v) is 3.55. The lowest BCUT2D eigenvalue weighted by atomic mass is 10.1. The highest BCUT2D eigenvalue weighted by molar-refractivity contribution is 7.15. The lowest BCUT2D eigenvalue weighted by Gasteiger charge is -2.23. The molecule has 0 saturated carbocycles. The van der Waals surface area contributed by atoms with Crippen molar-refractivity contribution in [1.82, 2.24) is 20.8 Å². The standard InChI is InChI=1S/C17H20N6O2S.C2HF3O2/c1-10-11(8-20-23-10)4-5-13-7-14(22-17(18)25)15(26-13)16(24)21-12-3-2-6-19-9-12;3-2(4,5)1(6)7/h7-8,12,19H,2-3,6,9H2,1H3,(H,20,23)(H,21,24)(H3,18,22,25);(H,6,7)/t12-;/m0./s1. The number of aliphatic carboxylic acids is 1. The first kappa shape index (κ1) is 25.7. The Morgan fingerprint density at radius 1 is 1.33 bits per heavy atom.